The lowest BCUT2D eigenvalue weighted by molar-refractivity contribution is 0.277. The normalized spacial score (nSPS) is 21.6. The third kappa shape index (κ3) is 3.06. The maximum Gasteiger partial charge on any atom is 0.115 e. The number of H-pyrrole nitrogens is 1. The van der Waals surface area contributed by atoms with Crippen molar-refractivity contribution in [3.05, 3.63) is 29.5 Å². The Morgan fingerprint density at radius 3 is 2.83 bits per heavy atom. The molecule has 0 bridgehead atoms. The van der Waals surface area contributed by atoms with Gasteiger partial charge in [0.2, 0.25) is 0 Å². The number of hydrogen-bond donors (Lipinski definition) is 4. The minimum Gasteiger partial charge on any atom is -0.394 e. The first-order valence-electron chi connectivity index (χ1n) is 8.71. The highest BCUT2D eigenvalue weighted by atomic mass is 32.2. The van der Waals surface area contributed by atoms with Crippen molar-refractivity contribution in [1.82, 2.24) is 4.98 Å². The van der Waals surface area contributed by atoms with Crippen LogP contribution < -0.4 is 11.1 Å². The van der Waals surface area contributed by atoms with Gasteiger partial charge in [0.25, 0.3) is 0 Å². The van der Waals surface area contributed by atoms with Crippen LogP contribution in [0.5, 0.6) is 0 Å². The van der Waals surface area contributed by atoms with E-state index >= 15 is 0 Å². The first-order chi connectivity index (χ1) is 11.8. The van der Waals surface area contributed by atoms with Gasteiger partial charge in [0.1, 0.15) is 5.04 Å². The molecular formula is C18H24N4OS. The zero-order chi connectivity index (χ0) is 16.5. The van der Waals surface area contributed by atoms with Gasteiger partial charge in [0.05, 0.1) is 29.5 Å². The van der Waals surface area contributed by atoms with Gasteiger partial charge >= 0.3 is 0 Å². The fraction of sp³-hybridized carbons (Fsp3) is 0.500. The Labute approximate surface area is 146 Å². The monoisotopic (exact) mass is 344 g/mol. The number of aromatic nitrogens is 1. The topological polar surface area (TPSA) is 86.4 Å². The Morgan fingerprint density at radius 2 is 2.12 bits per heavy atom. The molecule has 2 heterocycles. The van der Waals surface area contributed by atoms with Crippen molar-refractivity contribution in [2.24, 2.45) is 10.7 Å². The van der Waals surface area contributed by atoms with Crippen LogP contribution in [0, 0.1) is 0 Å². The van der Waals surface area contributed by atoms with Crippen LogP contribution in [-0.4, -0.2) is 39.6 Å². The number of aliphatic imine (C=N–C) groups is 1. The number of nitrogens with one attached hydrogen (secondary N) is 2. The van der Waals surface area contributed by atoms with Gasteiger partial charge in [-0.1, -0.05) is 12.8 Å². The van der Waals surface area contributed by atoms with Crippen LogP contribution in [0.25, 0.3) is 10.9 Å². The summed E-state index contributed by atoms with van der Waals surface area (Å²) in [5, 5.41) is 15.2. The molecule has 0 radical (unpaired) electrons. The average Bonchev–Trinajstić information content (AvgIpc) is 3.33. The molecule has 0 spiro atoms. The zero-order valence-corrected chi connectivity index (χ0v) is 14.5. The van der Waals surface area contributed by atoms with E-state index in [-0.39, 0.29) is 12.6 Å². The number of nitrogens with zero attached hydrogens (tertiary/aromatic N) is 1. The van der Waals surface area contributed by atoms with Gasteiger partial charge in [0, 0.05) is 23.7 Å². The lowest BCUT2D eigenvalue weighted by atomic mass is 10.1. The van der Waals surface area contributed by atoms with E-state index < -0.39 is 0 Å². The van der Waals surface area contributed by atoms with E-state index in [9.17, 15) is 5.11 Å². The van der Waals surface area contributed by atoms with E-state index in [0.29, 0.717) is 12.6 Å². The first-order valence-corrected chi connectivity index (χ1v) is 9.69. The van der Waals surface area contributed by atoms with E-state index in [1.54, 1.807) is 11.8 Å². The van der Waals surface area contributed by atoms with Gasteiger partial charge in [0.15, 0.2) is 0 Å². The molecule has 24 heavy (non-hydrogen) atoms. The minimum absolute atomic E-state index is 0.0205. The summed E-state index contributed by atoms with van der Waals surface area (Å²) in [4.78, 5) is 8.14. The Hall–Kier alpha value is -1.50. The minimum atomic E-state index is 0.0205. The standard InChI is InChI=1S/C18H24N4OS/c19-8-11-5-12-7-16(18-21-14(9-23)10-24-18)22-17(12)15(6-11)20-13-3-1-2-4-13/h5-7,13-14,20,22-23H,1-4,8-10,19H2. The number of aliphatic hydroxyl groups excluding tert-OH is 1. The third-order valence-electron chi connectivity index (χ3n) is 4.89. The van der Waals surface area contributed by atoms with Crippen LogP contribution in [0.2, 0.25) is 0 Å². The second-order valence-corrected chi connectivity index (χ2v) is 7.71. The molecule has 2 aromatic rings. The molecule has 5 nitrogen and oxygen atoms in total. The Kier molecular flexibility index (Phi) is 4.52. The molecule has 5 N–H and O–H groups in total. The lowest BCUT2D eigenvalue weighted by Crippen LogP contribution is -2.15. The number of anilines is 1. The fourth-order valence-electron chi connectivity index (χ4n) is 3.60. The van der Waals surface area contributed by atoms with Crippen molar-refractivity contribution >= 4 is 33.4 Å². The van der Waals surface area contributed by atoms with Crippen molar-refractivity contribution in [3.8, 4) is 0 Å². The molecule has 6 heteroatoms. The van der Waals surface area contributed by atoms with Crippen molar-refractivity contribution < 1.29 is 5.11 Å². The zero-order valence-electron chi connectivity index (χ0n) is 13.7. The number of nitrogens with two attached hydrogens (primary N) is 1. The fourth-order valence-corrected chi connectivity index (χ4v) is 4.62. The highest BCUT2D eigenvalue weighted by molar-refractivity contribution is 8.14. The molecule has 1 saturated carbocycles. The third-order valence-corrected chi connectivity index (χ3v) is 6.04. The van der Waals surface area contributed by atoms with Crippen LogP contribution >= 0.6 is 11.8 Å². The summed E-state index contributed by atoms with van der Waals surface area (Å²) in [6, 6.07) is 7.05. The smallest absolute Gasteiger partial charge is 0.115 e. The molecule has 0 saturated heterocycles. The molecule has 1 unspecified atom stereocenters. The number of fused-ring (bicyclic) bond motifs is 1. The SMILES string of the molecule is NCc1cc(NC2CCCC2)c2[nH]c(C3=NC(CO)CS3)cc2c1. The number of aromatic amines is 1. The molecule has 0 amide bonds. The lowest BCUT2D eigenvalue weighted by Gasteiger charge is -2.15. The number of hydrogen-bond acceptors (Lipinski definition) is 5. The van der Waals surface area contributed by atoms with Crippen molar-refractivity contribution in [2.75, 3.05) is 17.7 Å². The molecule has 1 aliphatic heterocycles. The van der Waals surface area contributed by atoms with Crippen molar-refractivity contribution in [1.29, 1.82) is 0 Å². The largest absolute Gasteiger partial charge is 0.394 e. The highest BCUT2D eigenvalue weighted by Gasteiger charge is 2.21. The van der Waals surface area contributed by atoms with Crippen molar-refractivity contribution in [2.45, 2.75) is 44.3 Å². The van der Waals surface area contributed by atoms with E-state index in [0.717, 1.165) is 33.3 Å². The van der Waals surface area contributed by atoms with E-state index in [1.165, 1.54) is 31.1 Å². The van der Waals surface area contributed by atoms with Crippen LogP contribution in [0.15, 0.2) is 23.2 Å². The number of thioether (sulfide) groups is 1. The average molecular weight is 344 g/mol. The summed E-state index contributed by atoms with van der Waals surface area (Å²) in [6.45, 7) is 0.653. The summed E-state index contributed by atoms with van der Waals surface area (Å²) in [7, 11) is 0. The van der Waals surface area contributed by atoms with E-state index in [2.05, 4.69) is 33.5 Å². The van der Waals surface area contributed by atoms with Crippen LogP contribution in [0.3, 0.4) is 0 Å². The molecule has 1 aromatic carbocycles. The molecule has 4 rings (SSSR count). The molecule has 128 valence electrons. The Balaban J connectivity index is 1.71. The molecule has 1 fully saturated rings. The van der Waals surface area contributed by atoms with Crippen LogP contribution in [0.4, 0.5) is 5.69 Å². The second-order valence-electron chi connectivity index (χ2n) is 6.70. The predicted molar refractivity (Wildman–Crippen MR) is 102 cm³/mol. The number of aliphatic hydroxyl groups is 1. The maximum atomic E-state index is 9.29. The van der Waals surface area contributed by atoms with Gasteiger partial charge in [-0.3, -0.25) is 4.99 Å². The first kappa shape index (κ1) is 16.0. The molecule has 2 aliphatic rings. The van der Waals surface area contributed by atoms with Gasteiger partial charge in [-0.15, -0.1) is 11.8 Å². The maximum absolute atomic E-state index is 9.29. The molecule has 1 aliphatic carbocycles. The number of rotatable bonds is 5. The van der Waals surface area contributed by atoms with Gasteiger partial charge in [-0.2, -0.15) is 0 Å². The summed E-state index contributed by atoms with van der Waals surface area (Å²) in [5.41, 5.74) is 10.3. The van der Waals surface area contributed by atoms with Gasteiger partial charge in [-0.25, -0.2) is 0 Å². The summed E-state index contributed by atoms with van der Waals surface area (Å²) in [5.74, 6) is 0.850. The van der Waals surface area contributed by atoms with Crippen LogP contribution in [0.1, 0.15) is 36.9 Å². The van der Waals surface area contributed by atoms with Crippen molar-refractivity contribution in [3.63, 3.8) is 0 Å². The summed E-state index contributed by atoms with van der Waals surface area (Å²) >= 11 is 1.71. The van der Waals surface area contributed by atoms with Gasteiger partial charge in [-0.05, 0) is 36.6 Å². The highest BCUT2D eigenvalue weighted by Crippen LogP contribution is 2.32. The Bertz CT molecular complexity index is 764. The summed E-state index contributed by atoms with van der Waals surface area (Å²) < 4.78 is 0. The Morgan fingerprint density at radius 1 is 1.29 bits per heavy atom. The quantitative estimate of drug-likeness (QED) is 0.672. The number of benzene rings is 1. The van der Waals surface area contributed by atoms with E-state index in [4.69, 9.17) is 5.73 Å². The van der Waals surface area contributed by atoms with Crippen LogP contribution in [-0.2, 0) is 6.54 Å². The molecular weight excluding hydrogens is 320 g/mol. The predicted octanol–water partition coefficient (Wildman–Crippen LogP) is 2.84. The van der Waals surface area contributed by atoms with Gasteiger partial charge < -0.3 is 21.1 Å². The molecule has 1 atom stereocenters. The molecule has 1 aromatic heterocycles. The van der Waals surface area contributed by atoms with E-state index in [1.807, 2.05) is 0 Å². The second kappa shape index (κ2) is 6.78. The summed E-state index contributed by atoms with van der Waals surface area (Å²) in [6.07, 6.45) is 5.10.